The monoisotopic (exact) mass is 410 g/mol. The van der Waals surface area contributed by atoms with E-state index in [0.29, 0.717) is 11.8 Å². The maximum Gasteiger partial charge on any atom is 0.193 e. The fourth-order valence-corrected chi connectivity index (χ4v) is 5.31. The maximum atomic E-state index is 4.42. The molecular formula is C26H38N2S. The molecule has 158 valence electrons. The van der Waals surface area contributed by atoms with Crippen LogP contribution < -0.4 is 0 Å². The molecule has 29 heavy (non-hydrogen) atoms. The summed E-state index contributed by atoms with van der Waals surface area (Å²) >= 11 is 1.76. The number of aromatic nitrogens is 2. The minimum atomic E-state index is 0.639. The molecule has 0 bridgehead atoms. The lowest BCUT2D eigenvalue weighted by Gasteiger charge is -2.17. The van der Waals surface area contributed by atoms with Gasteiger partial charge in [-0.1, -0.05) is 77.1 Å². The first-order valence-corrected chi connectivity index (χ1v) is 12.6. The quantitative estimate of drug-likeness (QED) is 0.259. The van der Waals surface area contributed by atoms with E-state index in [4.69, 9.17) is 0 Å². The van der Waals surface area contributed by atoms with E-state index in [1.807, 2.05) is 6.20 Å². The molecule has 3 aromatic rings. The summed E-state index contributed by atoms with van der Waals surface area (Å²) in [5.41, 5.74) is 4.45. The molecule has 2 aromatic heterocycles. The largest absolute Gasteiger partial charge is 0.294 e. The predicted molar refractivity (Wildman–Crippen MR) is 127 cm³/mol. The second kappa shape index (κ2) is 11.5. The molecule has 2 unspecified atom stereocenters. The van der Waals surface area contributed by atoms with Crippen molar-refractivity contribution in [3.63, 3.8) is 0 Å². The van der Waals surface area contributed by atoms with Gasteiger partial charge in [-0.05, 0) is 49.1 Å². The maximum absolute atomic E-state index is 4.42. The molecule has 0 fully saturated rings. The summed E-state index contributed by atoms with van der Waals surface area (Å²) in [6, 6.07) is 9.47. The zero-order valence-corrected chi connectivity index (χ0v) is 19.4. The minimum Gasteiger partial charge on any atom is -0.294 e. The molecular weight excluding hydrogens is 372 g/mol. The SMILES string of the molecule is CCCCCCCc1ccc(C(C)CCCC(CC)c2csc3nccn23)cc1. The number of thiazole rings is 1. The van der Waals surface area contributed by atoms with Gasteiger partial charge in [-0.3, -0.25) is 4.40 Å². The predicted octanol–water partition coefficient (Wildman–Crippen LogP) is 8.38. The normalized spacial score (nSPS) is 13.8. The van der Waals surface area contributed by atoms with Crippen LogP contribution in [0.1, 0.15) is 107 Å². The summed E-state index contributed by atoms with van der Waals surface area (Å²) in [5, 5.41) is 2.31. The molecule has 0 aliphatic rings. The molecule has 0 radical (unpaired) electrons. The van der Waals surface area contributed by atoms with E-state index in [1.165, 1.54) is 81.0 Å². The van der Waals surface area contributed by atoms with Gasteiger partial charge in [0.1, 0.15) is 0 Å². The van der Waals surface area contributed by atoms with Gasteiger partial charge in [0, 0.05) is 29.4 Å². The molecule has 1 aromatic carbocycles. The number of nitrogens with zero attached hydrogens (tertiary/aromatic N) is 2. The van der Waals surface area contributed by atoms with Gasteiger partial charge < -0.3 is 0 Å². The summed E-state index contributed by atoms with van der Waals surface area (Å²) in [4.78, 5) is 5.55. The van der Waals surface area contributed by atoms with E-state index in [-0.39, 0.29) is 0 Å². The fourth-order valence-electron chi connectivity index (χ4n) is 4.38. The molecule has 0 amide bonds. The highest BCUT2D eigenvalue weighted by molar-refractivity contribution is 7.15. The smallest absolute Gasteiger partial charge is 0.193 e. The summed E-state index contributed by atoms with van der Waals surface area (Å²) in [7, 11) is 0. The number of fused-ring (bicyclic) bond motifs is 1. The number of rotatable bonds is 13. The second-order valence-corrected chi connectivity index (χ2v) is 9.42. The Morgan fingerprint density at radius 3 is 2.52 bits per heavy atom. The van der Waals surface area contributed by atoms with Gasteiger partial charge in [-0.15, -0.1) is 11.3 Å². The Balaban J connectivity index is 1.44. The first-order chi connectivity index (χ1) is 14.2. The van der Waals surface area contributed by atoms with Crippen LogP contribution in [0.5, 0.6) is 0 Å². The molecule has 3 rings (SSSR count). The van der Waals surface area contributed by atoms with Crippen LogP contribution in [0.25, 0.3) is 4.96 Å². The van der Waals surface area contributed by atoms with Crippen molar-refractivity contribution in [2.75, 3.05) is 0 Å². The molecule has 2 heterocycles. The van der Waals surface area contributed by atoms with Gasteiger partial charge in [0.05, 0.1) is 0 Å². The van der Waals surface area contributed by atoms with E-state index in [2.05, 4.69) is 66.0 Å². The molecule has 0 aliphatic heterocycles. The molecule has 0 saturated carbocycles. The number of imidazole rings is 1. The van der Waals surface area contributed by atoms with Gasteiger partial charge in [0.25, 0.3) is 0 Å². The van der Waals surface area contributed by atoms with Gasteiger partial charge in [0.2, 0.25) is 0 Å². The van der Waals surface area contributed by atoms with Gasteiger partial charge in [-0.25, -0.2) is 4.98 Å². The number of hydrogen-bond donors (Lipinski definition) is 0. The van der Waals surface area contributed by atoms with E-state index < -0.39 is 0 Å². The van der Waals surface area contributed by atoms with Crippen molar-refractivity contribution in [3.8, 4) is 0 Å². The van der Waals surface area contributed by atoms with Crippen molar-refractivity contribution < 1.29 is 0 Å². The van der Waals surface area contributed by atoms with Crippen LogP contribution in [-0.4, -0.2) is 9.38 Å². The lowest BCUT2D eigenvalue weighted by molar-refractivity contribution is 0.520. The highest BCUT2D eigenvalue weighted by Gasteiger charge is 2.15. The van der Waals surface area contributed by atoms with E-state index in [0.717, 1.165) is 4.96 Å². The highest BCUT2D eigenvalue weighted by atomic mass is 32.1. The first kappa shape index (κ1) is 22.1. The van der Waals surface area contributed by atoms with Crippen LogP contribution in [0.4, 0.5) is 0 Å². The summed E-state index contributed by atoms with van der Waals surface area (Å²) in [6.07, 6.45) is 17.1. The van der Waals surface area contributed by atoms with Crippen LogP contribution >= 0.6 is 11.3 Å². The number of hydrogen-bond acceptors (Lipinski definition) is 2. The topological polar surface area (TPSA) is 17.3 Å². The van der Waals surface area contributed by atoms with Crippen LogP contribution in [0.2, 0.25) is 0 Å². The molecule has 0 spiro atoms. The number of unbranched alkanes of at least 4 members (excludes halogenated alkanes) is 4. The van der Waals surface area contributed by atoms with Crippen LogP contribution in [0, 0.1) is 0 Å². The molecule has 0 N–H and O–H groups in total. The second-order valence-electron chi connectivity index (χ2n) is 8.58. The van der Waals surface area contributed by atoms with Crippen LogP contribution in [0.15, 0.2) is 42.0 Å². The third kappa shape index (κ3) is 6.18. The Kier molecular flexibility index (Phi) is 8.79. The minimum absolute atomic E-state index is 0.639. The fraction of sp³-hybridized carbons (Fsp3) is 0.577. The Morgan fingerprint density at radius 2 is 1.76 bits per heavy atom. The number of benzene rings is 1. The van der Waals surface area contributed by atoms with Crippen LogP contribution in [-0.2, 0) is 6.42 Å². The zero-order chi connectivity index (χ0) is 20.5. The Morgan fingerprint density at radius 1 is 0.966 bits per heavy atom. The van der Waals surface area contributed by atoms with Crippen molar-refractivity contribution in [2.24, 2.45) is 0 Å². The van der Waals surface area contributed by atoms with Crippen molar-refractivity contribution >= 4 is 16.3 Å². The summed E-state index contributed by atoms with van der Waals surface area (Å²) in [6.45, 7) is 6.98. The Bertz CT molecular complexity index is 830. The number of aryl methyl sites for hydroxylation is 1. The van der Waals surface area contributed by atoms with Crippen molar-refractivity contribution in [2.45, 2.75) is 96.8 Å². The molecule has 2 nitrogen and oxygen atoms in total. The lowest BCUT2D eigenvalue weighted by Crippen LogP contribution is -2.02. The summed E-state index contributed by atoms with van der Waals surface area (Å²) < 4.78 is 2.28. The third-order valence-corrected chi connectivity index (χ3v) is 7.26. The average molecular weight is 411 g/mol. The zero-order valence-electron chi connectivity index (χ0n) is 18.6. The van der Waals surface area contributed by atoms with E-state index >= 15 is 0 Å². The average Bonchev–Trinajstić information content (AvgIpc) is 3.36. The van der Waals surface area contributed by atoms with E-state index in [1.54, 1.807) is 11.3 Å². The molecule has 2 atom stereocenters. The van der Waals surface area contributed by atoms with Gasteiger partial charge >= 0.3 is 0 Å². The third-order valence-electron chi connectivity index (χ3n) is 6.39. The van der Waals surface area contributed by atoms with Gasteiger partial charge in [-0.2, -0.15) is 0 Å². The van der Waals surface area contributed by atoms with E-state index in [9.17, 15) is 0 Å². The molecule has 0 aliphatic carbocycles. The Labute approximate surface area is 181 Å². The standard InChI is InChI=1S/C26H38N2S/c1-4-6-7-8-9-12-22-14-16-24(17-15-22)21(3)11-10-13-23(5-2)25-20-29-26-27-18-19-28(25)26/h14-21,23H,4-13H2,1-3H3. The van der Waals surface area contributed by atoms with Crippen molar-refractivity contribution in [1.29, 1.82) is 0 Å². The lowest BCUT2D eigenvalue weighted by atomic mass is 9.90. The molecule has 3 heteroatoms. The van der Waals surface area contributed by atoms with Gasteiger partial charge in [0.15, 0.2) is 4.96 Å². The first-order valence-electron chi connectivity index (χ1n) is 11.7. The van der Waals surface area contributed by atoms with Crippen molar-refractivity contribution in [1.82, 2.24) is 9.38 Å². The Hall–Kier alpha value is -1.61. The van der Waals surface area contributed by atoms with Crippen molar-refractivity contribution in [3.05, 3.63) is 58.9 Å². The highest BCUT2D eigenvalue weighted by Crippen LogP contribution is 2.31. The molecule has 0 saturated heterocycles. The van der Waals surface area contributed by atoms with Crippen LogP contribution in [0.3, 0.4) is 0 Å². The summed E-state index contributed by atoms with van der Waals surface area (Å²) in [5.74, 6) is 1.28.